The van der Waals surface area contributed by atoms with E-state index in [9.17, 15) is 31.5 Å². The monoisotopic (exact) mass is 613 g/mol. The lowest BCUT2D eigenvalue weighted by Crippen LogP contribution is -2.51. The van der Waals surface area contributed by atoms with Crippen molar-refractivity contribution in [3.63, 3.8) is 0 Å². The summed E-state index contributed by atoms with van der Waals surface area (Å²) < 4.78 is 70.3. The van der Waals surface area contributed by atoms with Gasteiger partial charge in [-0.25, -0.2) is 13.6 Å². The zero-order valence-corrected chi connectivity index (χ0v) is 24.0. The third-order valence-corrected chi connectivity index (χ3v) is 8.02. The van der Waals surface area contributed by atoms with Gasteiger partial charge in [-0.2, -0.15) is 13.2 Å². The predicted molar refractivity (Wildman–Crippen MR) is 157 cm³/mol. The summed E-state index contributed by atoms with van der Waals surface area (Å²) in [5.41, 5.74) is 6.03. The van der Waals surface area contributed by atoms with Crippen molar-refractivity contribution < 1.29 is 22.0 Å². The van der Waals surface area contributed by atoms with E-state index in [1.807, 2.05) is 11.0 Å². The molecule has 44 heavy (non-hydrogen) atoms. The van der Waals surface area contributed by atoms with Gasteiger partial charge in [-0.05, 0) is 42.3 Å². The number of benzene rings is 3. The van der Waals surface area contributed by atoms with Crippen molar-refractivity contribution in [3.8, 4) is 0 Å². The van der Waals surface area contributed by atoms with Crippen molar-refractivity contribution in [1.82, 2.24) is 14.0 Å². The highest BCUT2D eigenvalue weighted by molar-refractivity contribution is 5.50. The molecule has 1 saturated heterocycles. The number of piperazine rings is 1. The smallest absolute Gasteiger partial charge is 0.363 e. The number of halogens is 5. The van der Waals surface area contributed by atoms with E-state index in [-0.39, 0.29) is 23.5 Å². The average Bonchev–Trinajstić information content (AvgIpc) is 3.00. The molecule has 0 saturated carbocycles. The first-order chi connectivity index (χ1) is 20.9. The Labute approximate surface area is 250 Å². The molecule has 1 fully saturated rings. The van der Waals surface area contributed by atoms with E-state index >= 15 is 0 Å². The van der Waals surface area contributed by atoms with Crippen LogP contribution in [0, 0.1) is 18.6 Å². The summed E-state index contributed by atoms with van der Waals surface area (Å²) in [6.45, 7) is 3.17. The quantitative estimate of drug-likeness (QED) is 0.292. The summed E-state index contributed by atoms with van der Waals surface area (Å²) in [6, 6.07) is 16.7. The Kier molecular flexibility index (Phi) is 9.02. The lowest BCUT2D eigenvalue weighted by molar-refractivity contribution is -0.137. The highest BCUT2D eigenvalue weighted by Gasteiger charge is 2.30. The van der Waals surface area contributed by atoms with Gasteiger partial charge in [0.15, 0.2) is 0 Å². The second kappa shape index (κ2) is 12.7. The van der Waals surface area contributed by atoms with Gasteiger partial charge in [0.05, 0.1) is 18.7 Å². The second-order valence-corrected chi connectivity index (χ2v) is 10.9. The molecular formula is C32H32F5N5O2. The molecule has 0 radical (unpaired) electrons. The van der Waals surface area contributed by atoms with Crippen LogP contribution in [0.3, 0.4) is 0 Å². The standard InChI is InChI=1S/C32H32F5N5O2/c1-21-29(40-16-14-39(15-17-40)18-22-10-12-24(13-11-22)32(35,36)37)30(43)42(20-28(38)23-6-3-2-4-7-23)31(44)41(21)19-25-26(33)8-5-9-27(25)34/h2-13,28H,14-20,38H2,1H3/t28-/m0/s1. The summed E-state index contributed by atoms with van der Waals surface area (Å²) >= 11 is 0. The van der Waals surface area contributed by atoms with Crippen LogP contribution in [0.1, 0.15) is 34.0 Å². The van der Waals surface area contributed by atoms with Crippen molar-refractivity contribution in [3.05, 3.63) is 133 Å². The number of nitrogens with two attached hydrogens (primary N) is 1. The number of hydrogen-bond donors (Lipinski definition) is 1. The maximum atomic E-state index is 14.7. The van der Waals surface area contributed by atoms with Crippen molar-refractivity contribution in [2.75, 3.05) is 31.1 Å². The molecule has 4 aromatic rings. The Morgan fingerprint density at radius 2 is 1.41 bits per heavy atom. The molecule has 0 bridgehead atoms. The summed E-state index contributed by atoms with van der Waals surface area (Å²) in [5, 5.41) is 0. The van der Waals surface area contributed by atoms with Crippen LogP contribution in [-0.4, -0.2) is 40.2 Å². The normalized spacial score (nSPS) is 15.0. The van der Waals surface area contributed by atoms with Crippen molar-refractivity contribution in [2.45, 2.75) is 38.8 Å². The summed E-state index contributed by atoms with van der Waals surface area (Å²) in [4.78, 5) is 31.5. The number of nitrogens with zero attached hydrogens (tertiary/aromatic N) is 4. The molecule has 0 amide bonds. The Morgan fingerprint density at radius 1 is 0.795 bits per heavy atom. The molecule has 2 heterocycles. The first-order valence-corrected chi connectivity index (χ1v) is 14.1. The number of hydrogen-bond acceptors (Lipinski definition) is 5. The van der Waals surface area contributed by atoms with Gasteiger partial charge >= 0.3 is 11.9 Å². The molecule has 0 spiro atoms. The summed E-state index contributed by atoms with van der Waals surface area (Å²) in [6.07, 6.45) is -4.41. The van der Waals surface area contributed by atoms with E-state index < -0.39 is 47.2 Å². The number of rotatable bonds is 8. The first kappa shape index (κ1) is 31.1. The van der Waals surface area contributed by atoms with Crippen LogP contribution >= 0.6 is 0 Å². The van der Waals surface area contributed by atoms with E-state index in [0.717, 1.165) is 34.4 Å². The van der Waals surface area contributed by atoms with Crippen LogP contribution in [0.2, 0.25) is 0 Å². The summed E-state index contributed by atoms with van der Waals surface area (Å²) in [7, 11) is 0. The topological polar surface area (TPSA) is 76.5 Å². The van der Waals surface area contributed by atoms with Crippen molar-refractivity contribution >= 4 is 5.69 Å². The Morgan fingerprint density at radius 3 is 2.00 bits per heavy atom. The Hall–Kier alpha value is -4.29. The van der Waals surface area contributed by atoms with Crippen molar-refractivity contribution in [2.24, 2.45) is 5.73 Å². The van der Waals surface area contributed by atoms with Crippen LogP contribution in [0.4, 0.5) is 27.6 Å². The third kappa shape index (κ3) is 6.61. The van der Waals surface area contributed by atoms with E-state index in [2.05, 4.69) is 4.90 Å². The fourth-order valence-corrected chi connectivity index (χ4v) is 5.53. The molecule has 0 unspecified atom stereocenters. The van der Waals surface area contributed by atoms with Crippen LogP contribution < -0.4 is 21.9 Å². The molecule has 232 valence electrons. The second-order valence-electron chi connectivity index (χ2n) is 10.9. The van der Waals surface area contributed by atoms with Gasteiger partial charge in [0.2, 0.25) is 0 Å². The van der Waals surface area contributed by atoms with Crippen LogP contribution in [-0.2, 0) is 25.8 Å². The fourth-order valence-electron chi connectivity index (χ4n) is 5.53. The predicted octanol–water partition coefficient (Wildman–Crippen LogP) is 4.69. The average molecular weight is 614 g/mol. The maximum absolute atomic E-state index is 14.7. The molecule has 1 aromatic heterocycles. The summed E-state index contributed by atoms with van der Waals surface area (Å²) in [5.74, 6) is -1.62. The maximum Gasteiger partial charge on any atom is 0.416 e. The molecule has 12 heteroatoms. The van der Waals surface area contributed by atoms with Gasteiger partial charge < -0.3 is 10.6 Å². The minimum Gasteiger partial charge on any atom is -0.363 e. The fraction of sp³-hybridized carbons (Fsp3) is 0.312. The third-order valence-electron chi connectivity index (χ3n) is 8.02. The molecule has 2 N–H and O–H groups in total. The highest BCUT2D eigenvalue weighted by atomic mass is 19.4. The zero-order chi connectivity index (χ0) is 31.6. The molecule has 5 rings (SSSR count). The largest absolute Gasteiger partial charge is 0.416 e. The lowest BCUT2D eigenvalue weighted by atomic mass is 10.1. The van der Waals surface area contributed by atoms with Gasteiger partial charge in [-0.15, -0.1) is 0 Å². The zero-order valence-electron chi connectivity index (χ0n) is 24.0. The minimum absolute atomic E-state index is 0.150. The Bertz CT molecular complexity index is 1710. The number of alkyl halides is 3. The molecule has 1 aliphatic rings. The molecule has 1 atom stereocenters. The molecule has 1 aliphatic heterocycles. The molecule has 0 aliphatic carbocycles. The molecule has 3 aromatic carbocycles. The molecule has 7 nitrogen and oxygen atoms in total. The first-order valence-electron chi connectivity index (χ1n) is 14.1. The van der Waals surface area contributed by atoms with Gasteiger partial charge in [-0.1, -0.05) is 48.5 Å². The van der Waals surface area contributed by atoms with E-state index in [1.54, 1.807) is 31.2 Å². The van der Waals surface area contributed by atoms with Crippen LogP contribution in [0.5, 0.6) is 0 Å². The number of aromatic nitrogens is 2. The van der Waals surface area contributed by atoms with Crippen LogP contribution in [0.25, 0.3) is 0 Å². The van der Waals surface area contributed by atoms with Crippen molar-refractivity contribution in [1.29, 1.82) is 0 Å². The van der Waals surface area contributed by atoms with E-state index in [0.29, 0.717) is 38.3 Å². The highest BCUT2D eigenvalue weighted by Crippen LogP contribution is 2.29. The lowest BCUT2D eigenvalue weighted by Gasteiger charge is -2.37. The van der Waals surface area contributed by atoms with E-state index in [4.69, 9.17) is 5.73 Å². The van der Waals surface area contributed by atoms with Gasteiger partial charge in [0, 0.05) is 50.0 Å². The Balaban J connectivity index is 1.45. The minimum atomic E-state index is -4.41. The molecular weight excluding hydrogens is 581 g/mol. The van der Waals surface area contributed by atoms with Gasteiger partial charge in [0.25, 0.3) is 5.56 Å². The van der Waals surface area contributed by atoms with Crippen LogP contribution in [0.15, 0.2) is 82.4 Å². The number of anilines is 1. The SMILES string of the molecule is Cc1c(N2CCN(Cc3ccc(C(F)(F)F)cc3)CC2)c(=O)n(C[C@H](N)c2ccccc2)c(=O)n1Cc1c(F)cccc1F. The van der Waals surface area contributed by atoms with Gasteiger partial charge in [-0.3, -0.25) is 18.8 Å². The van der Waals surface area contributed by atoms with Gasteiger partial charge in [0.1, 0.15) is 17.3 Å². The van der Waals surface area contributed by atoms with E-state index in [1.165, 1.54) is 22.8 Å².